The van der Waals surface area contributed by atoms with Gasteiger partial charge in [-0.25, -0.2) is 0 Å². The van der Waals surface area contributed by atoms with E-state index in [1.165, 1.54) is 10.8 Å². The van der Waals surface area contributed by atoms with Crippen molar-refractivity contribution < 1.29 is 14.0 Å². The van der Waals surface area contributed by atoms with Crippen LogP contribution in [-0.2, 0) is 14.0 Å². The molecule has 0 amide bonds. The molecule has 2 atom stereocenters. The molecule has 7 nitrogen and oxygen atoms in total. The fourth-order valence-electron chi connectivity index (χ4n) is 1.76. The summed E-state index contributed by atoms with van der Waals surface area (Å²) < 4.78 is 21.8. The first-order valence-electron chi connectivity index (χ1n) is 5.32. The molecule has 1 N–H and O–H groups in total. The quantitative estimate of drug-likeness (QED) is 0.799. The zero-order chi connectivity index (χ0) is 13.1. The number of aromatic nitrogens is 2. The summed E-state index contributed by atoms with van der Waals surface area (Å²) >= 11 is 0. The molecule has 1 aliphatic heterocycles. The van der Waals surface area contributed by atoms with Crippen LogP contribution >= 0.6 is 7.92 Å². The van der Waals surface area contributed by atoms with Crippen molar-refractivity contribution in [2.75, 3.05) is 0 Å². The summed E-state index contributed by atoms with van der Waals surface area (Å²) in [7, 11) is -0.353. The van der Waals surface area contributed by atoms with Gasteiger partial charge in [-0.2, -0.15) is 0 Å². The van der Waals surface area contributed by atoms with E-state index in [1.807, 2.05) is 0 Å². The zero-order valence-corrected chi connectivity index (χ0v) is 10.5. The Balaban J connectivity index is 2.21. The van der Waals surface area contributed by atoms with E-state index in [4.69, 9.17) is 9.47 Å². The zero-order valence-electron chi connectivity index (χ0n) is 9.58. The molecule has 0 bridgehead atoms. The van der Waals surface area contributed by atoms with Gasteiger partial charge in [-0.3, -0.25) is 0 Å². The molecule has 2 rings (SSSR count). The Morgan fingerprint density at radius 3 is 3.06 bits per heavy atom. The van der Waals surface area contributed by atoms with Crippen LogP contribution in [-0.4, -0.2) is 15.8 Å². The summed E-state index contributed by atoms with van der Waals surface area (Å²) in [6, 6.07) is 0. The van der Waals surface area contributed by atoms with E-state index in [2.05, 4.69) is 10.8 Å². The normalized spacial score (nSPS) is 22.7. The first-order valence-corrected chi connectivity index (χ1v) is 6.13. The van der Waals surface area contributed by atoms with Gasteiger partial charge in [0.25, 0.3) is 0 Å². The Kier molecular flexibility index (Phi) is 3.99. The van der Waals surface area contributed by atoms with Gasteiger partial charge in [0.15, 0.2) is 0 Å². The molecule has 0 aliphatic carbocycles. The predicted octanol–water partition coefficient (Wildman–Crippen LogP) is 0.705. The summed E-state index contributed by atoms with van der Waals surface area (Å²) in [4.78, 5) is 25.1. The molecule has 1 fully saturated rings. The standard InChI is InChI=1S/C10H11N2O5P/c1-6-4-12(10(14)11-9(6)13)7-2-3-8(17-7)16-5-18-15/h4,7-8H,2-3H2,1H3,(H,11,13,14)/t7-,8+/m1/s1. The van der Waals surface area contributed by atoms with Crippen molar-refractivity contribution in [1.29, 1.82) is 0 Å². The number of nitrogens with one attached hydrogen (secondary N) is 1. The monoisotopic (exact) mass is 270 g/mol. The predicted molar refractivity (Wildman–Crippen MR) is 61.8 cm³/mol. The van der Waals surface area contributed by atoms with Crippen molar-refractivity contribution in [3.63, 3.8) is 0 Å². The fourth-order valence-corrected chi connectivity index (χ4v) is 1.92. The fraction of sp³-hybridized carbons (Fsp3) is 0.500. The van der Waals surface area contributed by atoms with E-state index in [0.29, 0.717) is 18.4 Å². The average molecular weight is 270 g/mol. The summed E-state index contributed by atoms with van der Waals surface area (Å²) in [6.45, 7) is 1.61. The first kappa shape index (κ1) is 13.1. The molecule has 1 aromatic heterocycles. The van der Waals surface area contributed by atoms with Crippen molar-refractivity contribution in [3.05, 3.63) is 32.6 Å². The molecule has 0 radical (unpaired) electrons. The third-order valence-electron chi connectivity index (χ3n) is 2.64. The molecule has 1 saturated heterocycles. The third kappa shape index (κ3) is 2.71. The van der Waals surface area contributed by atoms with Crippen LogP contribution in [0, 0.1) is 12.7 Å². The number of ether oxygens (including phenoxy) is 2. The van der Waals surface area contributed by atoms with Crippen LogP contribution in [0.15, 0.2) is 15.8 Å². The second kappa shape index (κ2) is 5.50. The van der Waals surface area contributed by atoms with E-state index in [9.17, 15) is 14.2 Å². The Morgan fingerprint density at radius 2 is 2.33 bits per heavy atom. The molecule has 96 valence electrons. The summed E-state index contributed by atoms with van der Waals surface area (Å²) in [5.41, 5.74) is -0.501. The second-order valence-corrected chi connectivity index (χ2v) is 4.24. The van der Waals surface area contributed by atoms with Gasteiger partial charge in [-0.15, -0.1) is 0 Å². The van der Waals surface area contributed by atoms with Crippen LogP contribution in [0.1, 0.15) is 24.6 Å². The maximum absolute atomic E-state index is 11.6. The van der Waals surface area contributed by atoms with Crippen LogP contribution in [0.25, 0.3) is 0 Å². The van der Waals surface area contributed by atoms with Gasteiger partial charge < -0.3 is 0 Å². The van der Waals surface area contributed by atoms with Gasteiger partial charge in [0.1, 0.15) is 0 Å². The molecule has 1 aromatic rings. The SMILES string of the molecule is Cc1cn([C@H]2CC[C@@H](OC#P=O)O2)c(=O)[nH]c1=O. The molecule has 0 aromatic carbocycles. The summed E-state index contributed by atoms with van der Waals surface area (Å²) in [5, 5.41) is 0. The van der Waals surface area contributed by atoms with Crippen molar-refractivity contribution >= 4 is 7.92 Å². The second-order valence-electron chi connectivity index (χ2n) is 3.88. The van der Waals surface area contributed by atoms with Crippen molar-refractivity contribution in [1.82, 2.24) is 9.55 Å². The number of hydrogen-bond donors (Lipinski definition) is 1. The number of aromatic amines is 1. The Labute approximate surface area is 103 Å². The number of aryl methyl sites for hydroxylation is 1. The van der Waals surface area contributed by atoms with E-state index >= 15 is 0 Å². The number of hydrogen-bond acceptors (Lipinski definition) is 5. The van der Waals surface area contributed by atoms with Gasteiger partial charge in [0.2, 0.25) is 0 Å². The van der Waals surface area contributed by atoms with Crippen LogP contribution in [0.4, 0.5) is 0 Å². The van der Waals surface area contributed by atoms with Crippen molar-refractivity contribution in [2.45, 2.75) is 32.3 Å². The Morgan fingerprint density at radius 1 is 1.56 bits per heavy atom. The molecule has 0 unspecified atom stereocenters. The molecule has 2 heterocycles. The summed E-state index contributed by atoms with van der Waals surface area (Å²) in [5.74, 6) is 2.14. The van der Waals surface area contributed by atoms with E-state index in [1.54, 1.807) is 6.92 Å². The molecular weight excluding hydrogens is 259 g/mol. The molecule has 0 spiro atoms. The van der Waals surface area contributed by atoms with Gasteiger partial charge >= 0.3 is 102 Å². The minimum absolute atomic E-state index is 0.353. The topological polar surface area (TPSA) is 90.4 Å². The number of rotatable bonds is 2. The van der Waals surface area contributed by atoms with Gasteiger partial charge in [-0.1, -0.05) is 0 Å². The first-order chi connectivity index (χ1) is 8.61. The van der Waals surface area contributed by atoms with Gasteiger partial charge in [0.05, 0.1) is 0 Å². The Hall–Kier alpha value is -1.39. The van der Waals surface area contributed by atoms with E-state index < -0.39 is 23.8 Å². The minimum atomic E-state index is -0.574. The number of nitrogens with zero attached hydrogens (tertiary/aromatic N) is 1. The maximum atomic E-state index is 11.6. The molecular formula is C10H11N2O5P. The molecule has 0 saturated carbocycles. The molecule has 8 heteroatoms. The van der Waals surface area contributed by atoms with E-state index in [0.717, 1.165) is 0 Å². The molecule has 1 aliphatic rings. The van der Waals surface area contributed by atoms with Crippen LogP contribution in [0.5, 0.6) is 0 Å². The third-order valence-corrected chi connectivity index (χ3v) is 2.82. The van der Waals surface area contributed by atoms with Gasteiger partial charge in [0, 0.05) is 0 Å². The van der Waals surface area contributed by atoms with Crippen molar-refractivity contribution in [2.24, 2.45) is 0 Å². The number of H-pyrrole nitrogens is 1. The van der Waals surface area contributed by atoms with E-state index in [-0.39, 0.29) is 7.92 Å². The van der Waals surface area contributed by atoms with Gasteiger partial charge in [-0.05, 0) is 0 Å². The van der Waals surface area contributed by atoms with Crippen LogP contribution in [0.2, 0.25) is 0 Å². The van der Waals surface area contributed by atoms with Crippen LogP contribution < -0.4 is 11.2 Å². The Bertz CT molecular complexity index is 659. The van der Waals surface area contributed by atoms with Crippen LogP contribution in [0.3, 0.4) is 0 Å². The average Bonchev–Trinajstić information content (AvgIpc) is 2.79. The molecule has 18 heavy (non-hydrogen) atoms. The van der Waals surface area contributed by atoms with Crippen molar-refractivity contribution in [3.8, 4) is 5.81 Å². The summed E-state index contributed by atoms with van der Waals surface area (Å²) in [6.07, 6.45) is 1.50.